The van der Waals surface area contributed by atoms with E-state index in [-0.39, 0.29) is 29.7 Å². The topological polar surface area (TPSA) is 54.8 Å². The van der Waals surface area contributed by atoms with Crippen LogP contribution in [0.15, 0.2) is 28.9 Å². The number of carbonyl (C=O) groups is 2. The Labute approximate surface area is 203 Å². The summed E-state index contributed by atoms with van der Waals surface area (Å²) in [5.41, 5.74) is 4.53. The van der Waals surface area contributed by atoms with E-state index >= 15 is 0 Å². The van der Waals surface area contributed by atoms with Gasteiger partial charge >= 0.3 is 0 Å². The monoisotopic (exact) mass is 513 g/mol. The van der Waals surface area contributed by atoms with Crippen LogP contribution in [0.25, 0.3) is 16.5 Å². The molecule has 1 fully saturated rings. The molecular weight excluding hydrogens is 482 g/mol. The van der Waals surface area contributed by atoms with Crippen molar-refractivity contribution >= 4 is 44.2 Å². The number of likely N-dealkylation sites (N-methyl/N-ethyl adjacent to an activating group) is 1. The summed E-state index contributed by atoms with van der Waals surface area (Å²) in [6.45, 7) is 7.53. The molecule has 0 N–H and O–H groups in total. The molecule has 0 saturated carbocycles. The maximum Gasteiger partial charge on any atom is 0.235 e. The van der Waals surface area contributed by atoms with Gasteiger partial charge in [-0.25, -0.2) is 0 Å². The summed E-state index contributed by atoms with van der Waals surface area (Å²) in [7, 11) is 2.11. The number of benzene rings is 1. The Bertz CT molecular complexity index is 1130. The third-order valence-electron chi connectivity index (χ3n) is 7.68. The van der Waals surface area contributed by atoms with E-state index in [9.17, 15) is 9.59 Å². The van der Waals surface area contributed by atoms with E-state index in [4.69, 9.17) is 4.74 Å². The first-order chi connectivity index (χ1) is 16.0. The zero-order valence-electron chi connectivity index (χ0n) is 19.6. The molecule has 6 nitrogen and oxygen atoms in total. The van der Waals surface area contributed by atoms with E-state index in [1.165, 1.54) is 11.1 Å². The zero-order chi connectivity index (χ0) is 23.3. The second kappa shape index (κ2) is 9.01. The van der Waals surface area contributed by atoms with Gasteiger partial charge < -0.3 is 9.64 Å². The van der Waals surface area contributed by atoms with Crippen LogP contribution >= 0.6 is 15.9 Å². The number of amides is 1. The van der Waals surface area contributed by atoms with Crippen LogP contribution in [0.5, 0.6) is 0 Å². The van der Waals surface area contributed by atoms with Gasteiger partial charge in [-0.05, 0) is 78.9 Å². The van der Waals surface area contributed by atoms with E-state index in [2.05, 4.69) is 46.1 Å². The molecule has 0 radical (unpaired) electrons. The number of ether oxygens (including phenoxy) is 1. The Balaban J connectivity index is 1.61. The quantitative estimate of drug-likeness (QED) is 0.614. The highest BCUT2D eigenvalue weighted by Crippen LogP contribution is 2.45. The molecule has 0 bridgehead atoms. The molecule has 1 aromatic carbocycles. The zero-order valence-corrected chi connectivity index (χ0v) is 21.2. The maximum absolute atomic E-state index is 13.6. The van der Waals surface area contributed by atoms with Gasteiger partial charge in [0.15, 0.2) is 0 Å². The molecule has 33 heavy (non-hydrogen) atoms. The molecular formula is C26H32BrN3O3. The predicted octanol–water partition coefficient (Wildman–Crippen LogP) is 4.21. The molecule has 2 atom stereocenters. The number of hydrogen-bond donors (Lipinski definition) is 0. The van der Waals surface area contributed by atoms with Crippen molar-refractivity contribution in [2.24, 2.45) is 11.8 Å². The van der Waals surface area contributed by atoms with Crippen molar-refractivity contribution < 1.29 is 14.3 Å². The Hall–Kier alpha value is -1.96. The minimum absolute atomic E-state index is 0.0110. The molecule has 176 valence electrons. The van der Waals surface area contributed by atoms with Crippen molar-refractivity contribution in [2.45, 2.75) is 39.2 Å². The van der Waals surface area contributed by atoms with Crippen LogP contribution < -0.4 is 0 Å². The van der Waals surface area contributed by atoms with Crippen molar-refractivity contribution in [1.82, 2.24) is 14.4 Å². The lowest BCUT2D eigenvalue weighted by atomic mass is 9.79. The fourth-order valence-corrected chi connectivity index (χ4v) is 6.59. The van der Waals surface area contributed by atoms with E-state index in [0.717, 1.165) is 53.4 Å². The van der Waals surface area contributed by atoms with Crippen molar-refractivity contribution in [2.75, 3.05) is 39.9 Å². The number of carbonyl (C=O) groups excluding carboxylic acids is 2. The highest BCUT2D eigenvalue weighted by atomic mass is 79.9. The lowest BCUT2D eigenvalue weighted by molar-refractivity contribution is -0.134. The normalized spacial score (nSPS) is 23.3. The molecule has 2 aliphatic heterocycles. The van der Waals surface area contributed by atoms with E-state index < -0.39 is 0 Å². The van der Waals surface area contributed by atoms with Crippen molar-refractivity contribution in [1.29, 1.82) is 0 Å². The summed E-state index contributed by atoms with van der Waals surface area (Å²) in [6.07, 6.45) is 4.57. The van der Waals surface area contributed by atoms with Gasteiger partial charge in [0, 0.05) is 50.2 Å². The average Bonchev–Trinajstić information content (AvgIpc) is 3.12. The van der Waals surface area contributed by atoms with E-state index in [1.54, 1.807) is 0 Å². The molecule has 0 spiro atoms. The first-order valence-corrected chi connectivity index (χ1v) is 12.9. The van der Waals surface area contributed by atoms with Crippen LogP contribution in [0.1, 0.15) is 42.6 Å². The van der Waals surface area contributed by atoms with Crippen LogP contribution in [-0.4, -0.2) is 72.1 Å². The van der Waals surface area contributed by atoms with Crippen LogP contribution in [0.2, 0.25) is 0 Å². The van der Waals surface area contributed by atoms with Crippen LogP contribution in [-0.2, 0) is 16.0 Å². The molecule has 1 saturated heterocycles. The van der Waals surface area contributed by atoms with E-state index in [1.807, 2.05) is 29.4 Å². The predicted molar refractivity (Wildman–Crippen MR) is 133 cm³/mol. The van der Waals surface area contributed by atoms with Gasteiger partial charge in [0.05, 0.1) is 16.0 Å². The van der Waals surface area contributed by atoms with E-state index in [0.29, 0.717) is 19.8 Å². The van der Waals surface area contributed by atoms with Gasteiger partial charge in [-0.3, -0.25) is 19.1 Å². The molecule has 1 aliphatic carbocycles. The molecule has 1 aromatic heterocycles. The minimum Gasteiger partial charge on any atom is -0.381 e. The number of halogens is 1. The summed E-state index contributed by atoms with van der Waals surface area (Å²) < 4.78 is 8.25. The Morgan fingerprint density at radius 2 is 1.91 bits per heavy atom. The number of aromatic nitrogens is 1. The van der Waals surface area contributed by atoms with Crippen molar-refractivity contribution in [3.8, 4) is 0 Å². The molecule has 3 heterocycles. The molecule has 7 heteroatoms. The van der Waals surface area contributed by atoms with Gasteiger partial charge in [-0.15, -0.1) is 0 Å². The number of nitrogens with zero attached hydrogens (tertiary/aromatic N) is 3. The smallest absolute Gasteiger partial charge is 0.235 e. The van der Waals surface area contributed by atoms with Crippen molar-refractivity contribution in [3.63, 3.8) is 0 Å². The van der Waals surface area contributed by atoms with Gasteiger partial charge in [-0.2, -0.15) is 0 Å². The van der Waals surface area contributed by atoms with Gasteiger partial charge in [0.1, 0.15) is 0 Å². The fourth-order valence-electron chi connectivity index (χ4n) is 5.86. The minimum atomic E-state index is -0.146. The van der Waals surface area contributed by atoms with Gasteiger partial charge in [-0.1, -0.05) is 18.2 Å². The summed E-state index contributed by atoms with van der Waals surface area (Å²) in [5.74, 6) is 0.195. The first-order valence-electron chi connectivity index (χ1n) is 12.1. The second-order valence-corrected chi connectivity index (χ2v) is 10.2. The third-order valence-corrected chi connectivity index (χ3v) is 8.51. The van der Waals surface area contributed by atoms with Crippen molar-refractivity contribution in [3.05, 3.63) is 40.0 Å². The highest BCUT2D eigenvalue weighted by molar-refractivity contribution is 9.10. The molecule has 3 aliphatic rings. The summed E-state index contributed by atoms with van der Waals surface area (Å²) in [6, 6.07) is 6.45. The Morgan fingerprint density at radius 1 is 1.18 bits per heavy atom. The molecule has 5 rings (SSSR count). The average molecular weight is 514 g/mol. The number of hydrogen-bond acceptors (Lipinski definition) is 4. The number of fused-ring (bicyclic) bond motifs is 2. The SMILES string of the molecule is CCN(CC)C(=O)C1C=C2c3cccc4c3c(c(Br)n4C(=O)C3CCOCC3)CC2N(C)C1. The summed E-state index contributed by atoms with van der Waals surface area (Å²) >= 11 is 3.81. The second-order valence-electron chi connectivity index (χ2n) is 9.43. The largest absolute Gasteiger partial charge is 0.381 e. The van der Waals surface area contributed by atoms with Gasteiger partial charge in [0.2, 0.25) is 11.8 Å². The Morgan fingerprint density at radius 3 is 2.61 bits per heavy atom. The third kappa shape index (κ3) is 3.69. The lowest BCUT2D eigenvalue weighted by Crippen LogP contribution is -2.47. The molecule has 1 amide bonds. The fraction of sp³-hybridized carbons (Fsp3) is 0.538. The summed E-state index contributed by atoms with van der Waals surface area (Å²) in [4.78, 5) is 31.0. The maximum atomic E-state index is 13.6. The standard InChI is InChI=1S/C26H32BrN3O3/c1-4-29(5-2)25(31)17-13-19-18-7-6-8-21-23(18)20(14-22(19)28(3)15-17)24(27)30(21)26(32)16-9-11-33-12-10-16/h6-8,13,16-17,22H,4-5,9-12,14-15H2,1-3H3. The van der Waals surface area contributed by atoms with Crippen LogP contribution in [0.3, 0.4) is 0 Å². The Kier molecular flexibility index (Phi) is 6.23. The number of rotatable bonds is 4. The van der Waals surface area contributed by atoms with Gasteiger partial charge in [0.25, 0.3) is 0 Å². The molecule has 2 unspecified atom stereocenters. The lowest BCUT2D eigenvalue weighted by Gasteiger charge is -2.40. The van der Waals surface area contributed by atoms with Crippen LogP contribution in [0.4, 0.5) is 0 Å². The first kappa shape index (κ1) is 22.8. The summed E-state index contributed by atoms with van der Waals surface area (Å²) in [5, 5.41) is 1.15. The molecule has 2 aromatic rings. The van der Waals surface area contributed by atoms with Crippen LogP contribution in [0, 0.1) is 11.8 Å². The highest BCUT2D eigenvalue weighted by Gasteiger charge is 2.39.